The van der Waals surface area contributed by atoms with Crippen LogP contribution in [0, 0.1) is 0 Å². The highest BCUT2D eigenvalue weighted by molar-refractivity contribution is 5.88. The van der Waals surface area contributed by atoms with Gasteiger partial charge in [-0.1, -0.05) is 6.42 Å². The highest BCUT2D eigenvalue weighted by atomic mass is 16.4. The zero-order valence-electron chi connectivity index (χ0n) is 9.26. The minimum absolute atomic E-state index is 0.202. The summed E-state index contributed by atoms with van der Waals surface area (Å²) in [4.78, 5) is 20.9. The second-order valence-electron chi connectivity index (χ2n) is 4.19. The summed E-state index contributed by atoms with van der Waals surface area (Å²) in [7, 11) is 2.01. The topological polar surface area (TPSA) is 66.3 Å². The van der Waals surface area contributed by atoms with Crippen LogP contribution >= 0.6 is 0 Å². The van der Waals surface area contributed by atoms with Crippen molar-refractivity contribution in [2.75, 3.05) is 7.05 Å². The molecule has 1 aliphatic carbocycles. The number of carboxylic acid groups (broad SMARTS) is 1. The monoisotopic (exact) mass is 221 g/mol. The number of hydrogen-bond acceptors (Lipinski definition) is 4. The van der Waals surface area contributed by atoms with E-state index in [1.807, 2.05) is 7.05 Å². The molecule has 1 aromatic rings. The average Bonchev–Trinajstić information content (AvgIpc) is 2.15. The molecule has 1 N–H and O–H groups in total. The van der Waals surface area contributed by atoms with Crippen LogP contribution < -0.4 is 0 Å². The Balaban J connectivity index is 2.10. The van der Waals surface area contributed by atoms with E-state index >= 15 is 0 Å². The summed E-state index contributed by atoms with van der Waals surface area (Å²) in [5, 5.41) is 8.99. The molecular weight excluding hydrogens is 206 g/mol. The van der Waals surface area contributed by atoms with Crippen LogP contribution in [0.5, 0.6) is 0 Å². The van der Waals surface area contributed by atoms with E-state index in [0.29, 0.717) is 18.3 Å². The summed E-state index contributed by atoms with van der Waals surface area (Å²) >= 11 is 0. The van der Waals surface area contributed by atoms with Crippen molar-refractivity contribution >= 4 is 5.97 Å². The first-order chi connectivity index (χ1) is 7.68. The Labute approximate surface area is 94.1 Å². The van der Waals surface area contributed by atoms with Crippen molar-refractivity contribution in [2.24, 2.45) is 0 Å². The third-order valence-electron chi connectivity index (χ3n) is 3.12. The molecule has 0 aromatic carbocycles. The van der Waals surface area contributed by atoms with Gasteiger partial charge in [-0.25, -0.2) is 14.8 Å². The van der Waals surface area contributed by atoms with Crippen LogP contribution in [0.2, 0.25) is 0 Å². The maximum absolute atomic E-state index is 11.0. The molecule has 0 atom stereocenters. The summed E-state index contributed by atoms with van der Waals surface area (Å²) in [6, 6.07) is 0.580. The summed E-state index contributed by atoms with van der Waals surface area (Å²) < 4.78 is 0. The Morgan fingerprint density at radius 1 is 1.62 bits per heavy atom. The number of rotatable bonds is 4. The van der Waals surface area contributed by atoms with Crippen LogP contribution in [0.4, 0.5) is 0 Å². The van der Waals surface area contributed by atoms with Crippen molar-refractivity contribution in [1.29, 1.82) is 0 Å². The van der Waals surface area contributed by atoms with E-state index in [-0.39, 0.29) is 5.56 Å². The molecule has 1 aromatic heterocycles. The molecule has 16 heavy (non-hydrogen) atoms. The maximum atomic E-state index is 11.0. The van der Waals surface area contributed by atoms with Crippen LogP contribution in [0.15, 0.2) is 12.5 Å². The zero-order valence-corrected chi connectivity index (χ0v) is 9.26. The molecule has 1 fully saturated rings. The molecule has 1 heterocycles. The van der Waals surface area contributed by atoms with E-state index < -0.39 is 5.97 Å². The van der Waals surface area contributed by atoms with Gasteiger partial charge in [-0.2, -0.15) is 0 Å². The van der Waals surface area contributed by atoms with Crippen LogP contribution in [-0.4, -0.2) is 39.0 Å². The largest absolute Gasteiger partial charge is 0.478 e. The van der Waals surface area contributed by atoms with Gasteiger partial charge in [-0.3, -0.25) is 4.90 Å². The first-order valence-corrected chi connectivity index (χ1v) is 5.41. The molecule has 0 aliphatic heterocycles. The van der Waals surface area contributed by atoms with E-state index in [9.17, 15) is 4.79 Å². The normalized spacial score (nSPS) is 16.1. The Morgan fingerprint density at radius 3 is 2.94 bits per heavy atom. The van der Waals surface area contributed by atoms with Gasteiger partial charge in [0.05, 0.1) is 5.69 Å². The molecular formula is C11H15N3O2. The van der Waals surface area contributed by atoms with Gasteiger partial charge < -0.3 is 5.11 Å². The van der Waals surface area contributed by atoms with E-state index in [1.165, 1.54) is 31.8 Å². The molecule has 5 heteroatoms. The predicted molar refractivity (Wildman–Crippen MR) is 58.1 cm³/mol. The fourth-order valence-corrected chi connectivity index (χ4v) is 1.85. The van der Waals surface area contributed by atoms with Gasteiger partial charge in [0.15, 0.2) is 0 Å². The van der Waals surface area contributed by atoms with Crippen molar-refractivity contribution in [3.8, 4) is 0 Å². The van der Waals surface area contributed by atoms with Crippen molar-refractivity contribution in [1.82, 2.24) is 14.9 Å². The smallest absolute Gasteiger partial charge is 0.339 e. The van der Waals surface area contributed by atoms with E-state index in [2.05, 4.69) is 14.9 Å². The quantitative estimate of drug-likeness (QED) is 0.826. The number of carbonyl (C=O) groups is 1. The summed E-state index contributed by atoms with van der Waals surface area (Å²) in [5.74, 6) is -0.961. The SMILES string of the molecule is CN(Cc1ncncc1C(=O)O)C1CCC1. The lowest BCUT2D eigenvalue weighted by Crippen LogP contribution is -2.37. The van der Waals surface area contributed by atoms with Gasteiger partial charge in [0, 0.05) is 18.8 Å². The molecule has 0 bridgehead atoms. The third-order valence-corrected chi connectivity index (χ3v) is 3.12. The molecule has 0 amide bonds. The van der Waals surface area contributed by atoms with Crippen LogP contribution in [0.25, 0.3) is 0 Å². The lowest BCUT2D eigenvalue weighted by molar-refractivity contribution is 0.0691. The van der Waals surface area contributed by atoms with Gasteiger partial charge in [-0.15, -0.1) is 0 Å². The summed E-state index contributed by atoms with van der Waals surface area (Å²) in [6.07, 6.45) is 6.42. The zero-order chi connectivity index (χ0) is 11.5. The van der Waals surface area contributed by atoms with Gasteiger partial charge in [-0.05, 0) is 19.9 Å². The van der Waals surface area contributed by atoms with Gasteiger partial charge in [0.1, 0.15) is 11.9 Å². The Bertz CT molecular complexity index is 391. The predicted octanol–water partition coefficient (Wildman–Crippen LogP) is 1.16. The minimum Gasteiger partial charge on any atom is -0.478 e. The molecule has 86 valence electrons. The third kappa shape index (κ3) is 2.19. The molecule has 0 radical (unpaired) electrons. The Kier molecular flexibility index (Phi) is 3.14. The lowest BCUT2D eigenvalue weighted by atomic mass is 9.92. The summed E-state index contributed by atoms with van der Waals surface area (Å²) in [6.45, 7) is 0.578. The Hall–Kier alpha value is -1.49. The first-order valence-electron chi connectivity index (χ1n) is 5.41. The molecule has 5 nitrogen and oxygen atoms in total. The highest BCUT2D eigenvalue weighted by Gasteiger charge is 2.23. The van der Waals surface area contributed by atoms with E-state index in [4.69, 9.17) is 5.11 Å². The standard InChI is InChI=1S/C11H15N3O2/c1-14(8-3-2-4-8)6-10-9(11(15)16)5-12-7-13-10/h5,7-8H,2-4,6H2,1H3,(H,15,16). The molecule has 2 rings (SSSR count). The number of aromatic nitrogens is 2. The van der Waals surface area contributed by atoms with Crippen molar-refractivity contribution in [3.05, 3.63) is 23.8 Å². The van der Waals surface area contributed by atoms with Crippen molar-refractivity contribution in [2.45, 2.75) is 31.8 Å². The number of nitrogens with zero attached hydrogens (tertiary/aromatic N) is 3. The fraction of sp³-hybridized carbons (Fsp3) is 0.545. The number of carboxylic acids is 1. The average molecular weight is 221 g/mol. The number of hydrogen-bond donors (Lipinski definition) is 1. The van der Waals surface area contributed by atoms with Gasteiger partial charge in [0.25, 0.3) is 0 Å². The molecule has 0 unspecified atom stereocenters. The van der Waals surface area contributed by atoms with Crippen LogP contribution in [0.1, 0.15) is 35.3 Å². The lowest BCUT2D eigenvalue weighted by Gasteiger charge is -2.34. The summed E-state index contributed by atoms with van der Waals surface area (Å²) in [5.41, 5.74) is 0.797. The first kappa shape index (κ1) is 11.0. The maximum Gasteiger partial charge on any atom is 0.339 e. The highest BCUT2D eigenvalue weighted by Crippen LogP contribution is 2.24. The van der Waals surface area contributed by atoms with E-state index in [0.717, 1.165) is 0 Å². The van der Waals surface area contributed by atoms with Crippen molar-refractivity contribution < 1.29 is 9.90 Å². The fourth-order valence-electron chi connectivity index (χ4n) is 1.85. The molecule has 1 saturated carbocycles. The Morgan fingerprint density at radius 2 is 2.38 bits per heavy atom. The molecule has 1 aliphatic rings. The molecule has 0 spiro atoms. The minimum atomic E-state index is -0.961. The number of aromatic carboxylic acids is 1. The second-order valence-corrected chi connectivity index (χ2v) is 4.19. The van der Waals surface area contributed by atoms with E-state index in [1.54, 1.807) is 0 Å². The van der Waals surface area contributed by atoms with Gasteiger partial charge in [0.2, 0.25) is 0 Å². The second kappa shape index (κ2) is 4.57. The molecule has 0 saturated heterocycles. The van der Waals surface area contributed by atoms with Crippen molar-refractivity contribution in [3.63, 3.8) is 0 Å². The van der Waals surface area contributed by atoms with Crippen LogP contribution in [-0.2, 0) is 6.54 Å². The van der Waals surface area contributed by atoms with Crippen LogP contribution in [0.3, 0.4) is 0 Å². The van der Waals surface area contributed by atoms with Gasteiger partial charge >= 0.3 is 5.97 Å².